The van der Waals surface area contributed by atoms with Gasteiger partial charge in [-0.25, -0.2) is 0 Å². The quantitative estimate of drug-likeness (QED) is 0.118. The average Bonchev–Trinajstić information content (AvgIpc) is 3.59. The highest BCUT2D eigenvalue weighted by molar-refractivity contribution is 6.34. The molecule has 0 saturated carbocycles. The summed E-state index contributed by atoms with van der Waals surface area (Å²) in [5, 5.41) is 7.44. The van der Waals surface area contributed by atoms with Crippen molar-refractivity contribution in [3.63, 3.8) is 0 Å². The van der Waals surface area contributed by atoms with Crippen LogP contribution in [-0.2, 0) is 0 Å². The minimum absolute atomic E-state index is 0.0907. The highest BCUT2D eigenvalue weighted by Crippen LogP contribution is 2.46. The molecule has 8 aromatic carbocycles. The number of furan rings is 1. The maximum absolute atomic E-state index is 6.71. The van der Waals surface area contributed by atoms with E-state index in [1.807, 2.05) is 0 Å². The summed E-state index contributed by atoms with van der Waals surface area (Å²) in [5.74, 6) is 0.449. The first kappa shape index (κ1) is 31.0. The van der Waals surface area contributed by atoms with Crippen LogP contribution in [-0.4, -0.2) is 5.71 Å². The molecular formula is C49H39NO. The van der Waals surface area contributed by atoms with Gasteiger partial charge >= 0.3 is 0 Å². The Morgan fingerprint density at radius 1 is 0.588 bits per heavy atom. The molecule has 1 heterocycles. The van der Waals surface area contributed by atoms with Crippen molar-refractivity contribution < 1.29 is 4.42 Å². The molecule has 2 heteroatoms. The third kappa shape index (κ3) is 5.30. The van der Waals surface area contributed by atoms with Gasteiger partial charge in [0.1, 0.15) is 11.2 Å². The normalized spacial score (nSPS) is 13.4. The molecule has 0 aliphatic rings. The fourth-order valence-corrected chi connectivity index (χ4v) is 8.03. The van der Waals surface area contributed by atoms with Crippen LogP contribution >= 0.6 is 0 Å². The van der Waals surface area contributed by atoms with Crippen LogP contribution in [0.15, 0.2) is 167 Å². The largest absolute Gasteiger partial charge is 0.455 e. The fourth-order valence-electron chi connectivity index (χ4n) is 8.03. The summed E-state index contributed by atoms with van der Waals surface area (Å²) < 4.78 is 6.71. The van der Waals surface area contributed by atoms with E-state index < -0.39 is 0 Å². The Bertz CT molecular complexity index is 2700. The van der Waals surface area contributed by atoms with Crippen LogP contribution in [0.1, 0.15) is 42.9 Å². The van der Waals surface area contributed by atoms with Gasteiger partial charge in [0.15, 0.2) is 0 Å². The van der Waals surface area contributed by atoms with Gasteiger partial charge in [-0.1, -0.05) is 154 Å². The lowest BCUT2D eigenvalue weighted by Crippen LogP contribution is -2.21. The predicted octanol–water partition coefficient (Wildman–Crippen LogP) is 13.9. The number of fused-ring (bicyclic) bond motifs is 3. The first-order chi connectivity index (χ1) is 25.1. The Hall–Kier alpha value is -5.99. The van der Waals surface area contributed by atoms with Crippen LogP contribution in [0.4, 0.5) is 5.69 Å². The molecule has 0 aliphatic carbocycles. The van der Waals surface area contributed by atoms with Crippen molar-refractivity contribution in [1.29, 1.82) is 0 Å². The molecule has 9 rings (SSSR count). The molecule has 0 spiro atoms. The van der Waals surface area contributed by atoms with Gasteiger partial charge in [-0.3, -0.25) is 4.99 Å². The minimum Gasteiger partial charge on any atom is -0.455 e. The van der Waals surface area contributed by atoms with Gasteiger partial charge in [-0.2, -0.15) is 0 Å². The molecule has 0 aliphatic heterocycles. The summed E-state index contributed by atoms with van der Waals surface area (Å²) in [6.45, 7) is 6.79. The monoisotopic (exact) mass is 657 g/mol. The maximum Gasteiger partial charge on any atom is 0.143 e. The first-order valence-corrected chi connectivity index (χ1v) is 18.1. The average molecular weight is 658 g/mol. The summed E-state index contributed by atoms with van der Waals surface area (Å²) >= 11 is 0. The van der Waals surface area contributed by atoms with Crippen LogP contribution in [0.3, 0.4) is 0 Å². The number of rotatable bonds is 8. The van der Waals surface area contributed by atoms with Crippen LogP contribution < -0.4 is 0 Å². The van der Waals surface area contributed by atoms with E-state index in [1.165, 1.54) is 54.6 Å². The number of para-hydroxylation sites is 1. The third-order valence-corrected chi connectivity index (χ3v) is 10.9. The number of hydrogen-bond donors (Lipinski definition) is 0. The lowest BCUT2D eigenvalue weighted by molar-refractivity contribution is 0.526. The molecule has 0 saturated heterocycles. The third-order valence-electron chi connectivity index (χ3n) is 10.9. The zero-order valence-corrected chi connectivity index (χ0v) is 29.2. The summed E-state index contributed by atoms with van der Waals surface area (Å²) in [7, 11) is 0. The SMILES string of the molecule is CCC(C)C(C(=Nc1ccccc1C)c1cccc(-c2ccccc2)c1)c1ccc(-c2ccc3c4ccccc4c4cccc5oc2c3c54)cc1. The summed E-state index contributed by atoms with van der Waals surface area (Å²) in [4.78, 5) is 5.50. The lowest BCUT2D eigenvalue weighted by Gasteiger charge is -2.27. The topological polar surface area (TPSA) is 25.5 Å². The van der Waals surface area contributed by atoms with Crippen molar-refractivity contribution in [3.05, 3.63) is 174 Å². The summed E-state index contributed by atoms with van der Waals surface area (Å²) in [6.07, 6.45) is 1.03. The second-order valence-corrected chi connectivity index (χ2v) is 13.9. The lowest BCUT2D eigenvalue weighted by atomic mass is 9.78. The van der Waals surface area contributed by atoms with E-state index >= 15 is 0 Å². The van der Waals surface area contributed by atoms with Crippen LogP contribution in [0, 0.1) is 12.8 Å². The van der Waals surface area contributed by atoms with Gasteiger partial charge in [0.25, 0.3) is 0 Å². The Morgan fingerprint density at radius 3 is 2.02 bits per heavy atom. The highest BCUT2D eigenvalue weighted by atomic mass is 16.3. The molecule has 9 aromatic rings. The van der Waals surface area contributed by atoms with E-state index in [2.05, 4.69) is 178 Å². The number of aliphatic imine (C=N–C) groups is 1. The summed E-state index contributed by atoms with van der Waals surface area (Å²) in [6, 6.07) is 56.8. The molecule has 246 valence electrons. The van der Waals surface area contributed by atoms with Crippen molar-refractivity contribution in [2.24, 2.45) is 10.9 Å². The van der Waals surface area contributed by atoms with E-state index in [0.29, 0.717) is 5.92 Å². The number of benzene rings is 8. The van der Waals surface area contributed by atoms with E-state index in [-0.39, 0.29) is 5.92 Å². The van der Waals surface area contributed by atoms with Crippen molar-refractivity contribution in [2.45, 2.75) is 33.1 Å². The van der Waals surface area contributed by atoms with Gasteiger partial charge in [0.05, 0.1) is 11.4 Å². The number of aryl methyl sites for hydroxylation is 1. The highest BCUT2D eigenvalue weighted by Gasteiger charge is 2.27. The van der Waals surface area contributed by atoms with E-state index in [0.717, 1.165) is 45.7 Å². The molecular weight excluding hydrogens is 619 g/mol. The first-order valence-electron chi connectivity index (χ1n) is 18.1. The van der Waals surface area contributed by atoms with E-state index in [1.54, 1.807) is 0 Å². The zero-order chi connectivity index (χ0) is 34.5. The molecule has 1 aromatic heterocycles. The fraction of sp³-hybridized carbons (Fsp3) is 0.122. The molecule has 0 radical (unpaired) electrons. The van der Waals surface area contributed by atoms with Crippen molar-refractivity contribution in [3.8, 4) is 22.3 Å². The Labute approximate surface area is 299 Å². The standard InChI is InChI=1S/C49H39NO/c1-4-31(2)45(48(50-43-22-11-8-14-32(43)3)37-18-12-17-36(30-37)33-15-6-5-7-16-33)35-26-24-34(25-27-35)38-28-29-42-40-20-10-9-19-39(40)41-21-13-23-44-46(41)47(42)49(38)51-44/h5-31,45H,4H2,1-3H3. The van der Waals surface area contributed by atoms with Gasteiger partial charge in [0.2, 0.25) is 0 Å². The van der Waals surface area contributed by atoms with Gasteiger partial charge in [-0.15, -0.1) is 0 Å². The summed E-state index contributed by atoms with van der Waals surface area (Å²) in [5.41, 5.74) is 12.3. The molecule has 0 bridgehead atoms. The van der Waals surface area contributed by atoms with Crippen LogP contribution in [0.5, 0.6) is 0 Å². The predicted molar refractivity (Wildman–Crippen MR) is 217 cm³/mol. The molecule has 0 N–H and O–H groups in total. The van der Waals surface area contributed by atoms with Crippen LogP contribution in [0.25, 0.3) is 65.7 Å². The minimum atomic E-state index is 0.0907. The number of hydrogen-bond acceptors (Lipinski definition) is 2. The number of nitrogens with zero attached hydrogens (tertiary/aromatic N) is 1. The van der Waals surface area contributed by atoms with Crippen molar-refractivity contribution in [1.82, 2.24) is 0 Å². The molecule has 51 heavy (non-hydrogen) atoms. The molecule has 2 nitrogen and oxygen atoms in total. The van der Waals surface area contributed by atoms with Crippen molar-refractivity contribution in [2.75, 3.05) is 0 Å². The smallest absolute Gasteiger partial charge is 0.143 e. The van der Waals surface area contributed by atoms with E-state index in [4.69, 9.17) is 9.41 Å². The Balaban J connectivity index is 1.19. The van der Waals surface area contributed by atoms with Gasteiger partial charge in [0, 0.05) is 22.3 Å². The van der Waals surface area contributed by atoms with E-state index in [9.17, 15) is 0 Å². The van der Waals surface area contributed by atoms with Crippen molar-refractivity contribution >= 4 is 54.9 Å². The molecule has 2 unspecified atom stereocenters. The molecule has 0 amide bonds. The van der Waals surface area contributed by atoms with Gasteiger partial charge in [-0.05, 0) is 92.0 Å². The molecule has 2 atom stereocenters. The van der Waals surface area contributed by atoms with Gasteiger partial charge < -0.3 is 4.42 Å². The Kier molecular flexibility index (Phi) is 7.74. The molecule has 0 fully saturated rings. The zero-order valence-electron chi connectivity index (χ0n) is 29.2. The van der Waals surface area contributed by atoms with Crippen LogP contribution in [0.2, 0.25) is 0 Å². The second kappa shape index (κ2) is 12.7. The second-order valence-electron chi connectivity index (χ2n) is 13.9. The maximum atomic E-state index is 6.71. The Morgan fingerprint density at radius 2 is 1.25 bits per heavy atom.